The van der Waals surface area contributed by atoms with Gasteiger partial charge in [0.25, 0.3) is 11.1 Å². The van der Waals surface area contributed by atoms with Gasteiger partial charge in [-0.25, -0.2) is 0 Å². The normalized spacial score (nSPS) is 15.1. The van der Waals surface area contributed by atoms with Crippen LogP contribution in [0.25, 0.3) is 6.08 Å². The Labute approximate surface area is 191 Å². The van der Waals surface area contributed by atoms with Crippen LogP contribution in [-0.4, -0.2) is 42.9 Å². The van der Waals surface area contributed by atoms with E-state index >= 15 is 0 Å². The van der Waals surface area contributed by atoms with E-state index in [-0.39, 0.29) is 17.7 Å². The number of amides is 2. The van der Waals surface area contributed by atoms with E-state index < -0.39 is 0 Å². The maximum Gasteiger partial charge on any atom is 0.293 e. The maximum atomic E-state index is 12.5. The topological polar surface area (TPSA) is 65.1 Å². The SMILES string of the molecule is CCOc1cc(/C=C2/SC(=O)N(CCOC)C2=O)cc(Cl)c1OCc1ccc(C)cc1. The standard InChI is InChI=1S/C23H24ClNO5S/c1-4-29-19-12-17(13-20-22(26)25(9-10-28-3)23(27)31-20)11-18(24)21(19)30-14-16-7-5-15(2)6-8-16/h5-8,11-13H,4,9-10,14H2,1-3H3/b20-13+. The number of hydrogen-bond donors (Lipinski definition) is 0. The van der Waals surface area contributed by atoms with Crippen LogP contribution in [0.5, 0.6) is 11.5 Å². The predicted octanol–water partition coefficient (Wildman–Crippen LogP) is 5.31. The third-order valence-corrected chi connectivity index (χ3v) is 5.71. The van der Waals surface area contributed by atoms with Crippen LogP contribution in [0.15, 0.2) is 41.3 Å². The van der Waals surface area contributed by atoms with Crippen molar-refractivity contribution in [2.24, 2.45) is 0 Å². The minimum atomic E-state index is -0.346. The van der Waals surface area contributed by atoms with Crippen molar-refractivity contribution in [3.05, 3.63) is 63.0 Å². The molecule has 2 amide bonds. The number of imide groups is 1. The highest BCUT2D eigenvalue weighted by atomic mass is 35.5. The average molecular weight is 462 g/mol. The van der Waals surface area contributed by atoms with Crippen LogP contribution >= 0.6 is 23.4 Å². The van der Waals surface area contributed by atoms with Gasteiger partial charge in [0.15, 0.2) is 11.5 Å². The molecule has 0 aromatic heterocycles. The highest BCUT2D eigenvalue weighted by Gasteiger charge is 2.34. The molecule has 2 aromatic rings. The molecule has 2 aromatic carbocycles. The van der Waals surface area contributed by atoms with Gasteiger partial charge in [0.05, 0.1) is 29.7 Å². The van der Waals surface area contributed by atoms with Gasteiger partial charge in [-0.1, -0.05) is 41.4 Å². The van der Waals surface area contributed by atoms with E-state index in [4.69, 9.17) is 25.8 Å². The number of benzene rings is 2. The fraction of sp³-hybridized carbons (Fsp3) is 0.304. The molecule has 31 heavy (non-hydrogen) atoms. The summed E-state index contributed by atoms with van der Waals surface area (Å²) >= 11 is 7.38. The lowest BCUT2D eigenvalue weighted by Crippen LogP contribution is -2.31. The smallest absolute Gasteiger partial charge is 0.293 e. The summed E-state index contributed by atoms with van der Waals surface area (Å²) < 4.78 is 16.6. The van der Waals surface area contributed by atoms with Gasteiger partial charge in [-0.3, -0.25) is 14.5 Å². The number of aryl methyl sites for hydroxylation is 1. The number of thioether (sulfide) groups is 1. The monoisotopic (exact) mass is 461 g/mol. The Balaban J connectivity index is 1.82. The van der Waals surface area contributed by atoms with Gasteiger partial charge in [-0.15, -0.1) is 0 Å². The summed E-state index contributed by atoms with van der Waals surface area (Å²) in [5.41, 5.74) is 2.83. The van der Waals surface area contributed by atoms with Crippen molar-refractivity contribution in [1.82, 2.24) is 4.90 Å². The molecule has 0 saturated carbocycles. The van der Waals surface area contributed by atoms with Crippen molar-refractivity contribution in [2.75, 3.05) is 26.9 Å². The van der Waals surface area contributed by atoms with E-state index in [0.717, 1.165) is 17.3 Å². The molecular formula is C23H24ClNO5S. The second kappa shape index (κ2) is 10.7. The van der Waals surface area contributed by atoms with E-state index in [1.54, 1.807) is 18.2 Å². The Morgan fingerprint density at radius 1 is 1.13 bits per heavy atom. The van der Waals surface area contributed by atoms with Crippen LogP contribution in [-0.2, 0) is 16.1 Å². The number of ether oxygens (including phenoxy) is 3. The van der Waals surface area contributed by atoms with Crippen molar-refractivity contribution in [3.63, 3.8) is 0 Å². The van der Waals surface area contributed by atoms with E-state index in [9.17, 15) is 9.59 Å². The molecule has 1 saturated heterocycles. The number of hydrogen-bond acceptors (Lipinski definition) is 6. The first-order valence-corrected chi connectivity index (χ1v) is 11.0. The minimum Gasteiger partial charge on any atom is -0.490 e. The fourth-order valence-electron chi connectivity index (χ4n) is 2.94. The van der Waals surface area contributed by atoms with Crippen molar-refractivity contribution >= 4 is 40.6 Å². The average Bonchev–Trinajstić information content (AvgIpc) is 3.00. The largest absolute Gasteiger partial charge is 0.490 e. The summed E-state index contributed by atoms with van der Waals surface area (Å²) in [4.78, 5) is 26.2. The second-order valence-corrected chi connectivity index (χ2v) is 8.26. The van der Waals surface area contributed by atoms with Crippen LogP contribution in [0.3, 0.4) is 0 Å². The Hall–Kier alpha value is -2.48. The fourth-order valence-corrected chi connectivity index (χ4v) is 4.08. The van der Waals surface area contributed by atoms with Crippen LogP contribution < -0.4 is 9.47 Å². The molecule has 0 bridgehead atoms. The highest BCUT2D eigenvalue weighted by molar-refractivity contribution is 8.18. The summed E-state index contributed by atoms with van der Waals surface area (Å²) in [7, 11) is 1.52. The molecule has 1 aliphatic heterocycles. The Morgan fingerprint density at radius 2 is 1.87 bits per heavy atom. The Kier molecular flexibility index (Phi) is 8.01. The van der Waals surface area contributed by atoms with E-state index in [1.165, 1.54) is 17.6 Å². The number of carbonyl (C=O) groups is 2. The summed E-state index contributed by atoms with van der Waals surface area (Å²) in [6, 6.07) is 11.5. The first-order chi connectivity index (χ1) is 14.9. The summed E-state index contributed by atoms with van der Waals surface area (Å²) in [5.74, 6) is 0.572. The molecule has 0 unspecified atom stereocenters. The summed E-state index contributed by atoms with van der Waals surface area (Å²) in [6.45, 7) is 5.17. The van der Waals surface area contributed by atoms with Gasteiger partial charge < -0.3 is 14.2 Å². The summed E-state index contributed by atoms with van der Waals surface area (Å²) in [5, 5.41) is 0.0467. The molecular weight excluding hydrogens is 438 g/mol. The molecule has 1 fully saturated rings. The van der Waals surface area contributed by atoms with Crippen LogP contribution in [0.2, 0.25) is 5.02 Å². The lowest BCUT2D eigenvalue weighted by Gasteiger charge is -2.15. The highest BCUT2D eigenvalue weighted by Crippen LogP contribution is 2.39. The molecule has 164 valence electrons. The minimum absolute atomic E-state index is 0.218. The Bertz CT molecular complexity index is 990. The lowest BCUT2D eigenvalue weighted by atomic mass is 10.1. The molecule has 0 radical (unpaired) electrons. The molecule has 0 atom stereocenters. The summed E-state index contributed by atoms with van der Waals surface area (Å²) in [6.07, 6.45) is 1.63. The van der Waals surface area contributed by atoms with E-state index in [1.807, 2.05) is 38.1 Å². The first kappa shape index (κ1) is 23.2. The molecule has 1 aliphatic rings. The van der Waals surface area contributed by atoms with Gasteiger partial charge >= 0.3 is 0 Å². The van der Waals surface area contributed by atoms with Crippen LogP contribution in [0, 0.1) is 6.92 Å². The number of carbonyl (C=O) groups excluding carboxylic acids is 2. The Morgan fingerprint density at radius 3 is 2.55 bits per heavy atom. The lowest BCUT2D eigenvalue weighted by molar-refractivity contribution is -0.123. The molecule has 0 N–H and O–H groups in total. The quantitative estimate of drug-likeness (QED) is 0.471. The second-order valence-electron chi connectivity index (χ2n) is 6.86. The van der Waals surface area contributed by atoms with Gasteiger partial charge in [0.2, 0.25) is 0 Å². The zero-order chi connectivity index (χ0) is 22.4. The molecule has 1 heterocycles. The zero-order valence-electron chi connectivity index (χ0n) is 17.6. The predicted molar refractivity (Wildman–Crippen MR) is 123 cm³/mol. The van der Waals surface area contributed by atoms with Gasteiger partial charge in [-0.05, 0) is 54.9 Å². The van der Waals surface area contributed by atoms with Gasteiger partial charge in [0.1, 0.15) is 6.61 Å². The van der Waals surface area contributed by atoms with Crippen LogP contribution in [0.4, 0.5) is 4.79 Å². The van der Waals surface area contributed by atoms with Crippen LogP contribution in [0.1, 0.15) is 23.6 Å². The van der Waals surface area contributed by atoms with Crippen molar-refractivity contribution in [1.29, 1.82) is 0 Å². The van der Waals surface area contributed by atoms with E-state index in [2.05, 4.69) is 0 Å². The maximum absolute atomic E-state index is 12.5. The van der Waals surface area contributed by atoms with Gasteiger partial charge in [0, 0.05) is 7.11 Å². The first-order valence-electron chi connectivity index (χ1n) is 9.82. The third-order valence-electron chi connectivity index (χ3n) is 4.53. The molecule has 0 spiro atoms. The number of nitrogens with zero attached hydrogens (tertiary/aromatic N) is 1. The third kappa shape index (κ3) is 5.81. The molecule has 0 aliphatic carbocycles. The number of rotatable bonds is 9. The van der Waals surface area contributed by atoms with Crippen molar-refractivity contribution < 1.29 is 23.8 Å². The van der Waals surface area contributed by atoms with E-state index in [0.29, 0.717) is 46.8 Å². The molecule has 6 nitrogen and oxygen atoms in total. The molecule has 8 heteroatoms. The number of methoxy groups -OCH3 is 1. The zero-order valence-corrected chi connectivity index (χ0v) is 19.2. The number of halogens is 1. The molecule has 3 rings (SSSR count). The van der Waals surface area contributed by atoms with Gasteiger partial charge in [-0.2, -0.15) is 0 Å². The van der Waals surface area contributed by atoms with Crippen molar-refractivity contribution in [3.8, 4) is 11.5 Å². The van der Waals surface area contributed by atoms with Crippen molar-refractivity contribution in [2.45, 2.75) is 20.5 Å².